The average molecular weight is 219 g/mol. The first-order chi connectivity index (χ1) is 7.74. The van der Waals surface area contributed by atoms with Crippen LogP contribution in [0.2, 0.25) is 0 Å². The fourth-order valence-corrected chi connectivity index (χ4v) is 1.05. The molecule has 84 valence electrons. The molecule has 0 aliphatic rings. The Morgan fingerprint density at radius 1 is 1.69 bits per heavy atom. The molecule has 0 unspecified atom stereocenters. The van der Waals surface area contributed by atoms with E-state index in [-0.39, 0.29) is 6.61 Å². The van der Waals surface area contributed by atoms with E-state index in [1.165, 1.54) is 4.90 Å². The van der Waals surface area contributed by atoms with E-state index in [2.05, 4.69) is 4.98 Å². The summed E-state index contributed by atoms with van der Waals surface area (Å²) in [6.45, 7) is 0.575. The third-order valence-electron chi connectivity index (χ3n) is 1.96. The maximum Gasteiger partial charge on any atom is 0.409 e. The Kier molecular flexibility index (Phi) is 4.80. The second-order valence-corrected chi connectivity index (χ2v) is 3.25. The van der Waals surface area contributed by atoms with Gasteiger partial charge in [0.2, 0.25) is 0 Å². The van der Waals surface area contributed by atoms with Crippen LogP contribution >= 0.6 is 0 Å². The fourth-order valence-electron chi connectivity index (χ4n) is 1.05. The van der Waals surface area contributed by atoms with Crippen LogP contribution in [0.15, 0.2) is 24.5 Å². The molecule has 0 aliphatic carbocycles. The minimum absolute atomic E-state index is 0.198. The minimum atomic E-state index is -0.431. The molecule has 1 amide bonds. The van der Waals surface area contributed by atoms with Gasteiger partial charge in [-0.15, -0.1) is 0 Å². The van der Waals surface area contributed by atoms with Crippen LogP contribution in [0.1, 0.15) is 12.0 Å². The van der Waals surface area contributed by atoms with Crippen molar-refractivity contribution >= 4 is 6.09 Å². The van der Waals surface area contributed by atoms with Gasteiger partial charge in [0.15, 0.2) is 0 Å². The smallest absolute Gasteiger partial charge is 0.409 e. The molecule has 5 heteroatoms. The molecular weight excluding hydrogens is 206 g/mol. The summed E-state index contributed by atoms with van der Waals surface area (Å²) in [7, 11) is 1.60. The molecule has 1 aromatic heterocycles. The first kappa shape index (κ1) is 12.0. The largest absolute Gasteiger partial charge is 0.444 e. The van der Waals surface area contributed by atoms with Gasteiger partial charge >= 0.3 is 6.09 Å². The quantitative estimate of drug-likeness (QED) is 0.770. The molecule has 0 aliphatic heterocycles. The lowest BCUT2D eigenvalue weighted by Gasteiger charge is -2.15. The molecular formula is C11H13N3O2. The third kappa shape index (κ3) is 3.96. The first-order valence-corrected chi connectivity index (χ1v) is 4.88. The van der Waals surface area contributed by atoms with E-state index in [0.29, 0.717) is 13.0 Å². The van der Waals surface area contributed by atoms with Gasteiger partial charge in [-0.3, -0.25) is 4.98 Å². The van der Waals surface area contributed by atoms with Gasteiger partial charge in [-0.25, -0.2) is 4.79 Å². The summed E-state index contributed by atoms with van der Waals surface area (Å²) in [4.78, 5) is 16.7. The molecule has 0 N–H and O–H groups in total. The first-order valence-electron chi connectivity index (χ1n) is 4.88. The number of rotatable bonds is 4. The lowest BCUT2D eigenvalue weighted by atomic mass is 10.3. The van der Waals surface area contributed by atoms with Crippen molar-refractivity contribution < 1.29 is 9.53 Å². The van der Waals surface area contributed by atoms with Gasteiger partial charge in [-0.1, -0.05) is 6.07 Å². The zero-order chi connectivity index (χ0) is 11.8. The summed E-state index contributed by atoms with van der Waals surface area (Å²) in [6.07, 6.45) is 3.17. The average Bonchev–Trinajstić information content (AvgIpc) is 2.34. The maximum absolute atomic E-state index is 11.4. The molecule has 0 atom stereocenters. The van der Waals surface area contributed by atoms with Gasteiger partial charge in [0.25, 0.3) is 0 Å². The SMILES string of the molecule is CN(CCC#N)C(=O)OCc1cccnc1. The Balaban J connectivity index is 2.33. The van der Waals surface area contributed by atoms with E-state index in [9.17, 15) is 4.79 Å². The highest BCUT2D eigenvalue weighted by molar-refractivity contribution is 5.67. The number of nitrogens with zero attached hydrogens (tertiary/aromatic N) is 3. The van der Waals surface area contributed by atoms with Crippen LogP contribution in [0.5, 0.6) is 0 Å². The van der Waals surface area contributed by atoms with Crippen molar-refractivity contribution in [2.75, 3.05) is 13.6 Å². The van der Waals surface area contributed by atoms with E-state index >= 15 is 0 Å². The molecule has 5 nitrogen and oxygen atoms in total. The van der Waals surface area contributed by atoms with Crippen LogP contribution in [0.4, 0.5) is 4.79 Å². The summed E-state index contributed by atoms with van der Waals surface area (Å²) >= 11 is 0. The van der Waals surface area contributed by atoms with Gasteiger partial charge in [0.1, 0.15) is 6.61 Å². The zero-order valence-corrected chi connectivity index (χ0v) is 9.09. The van der Waals surface area contributed by atoms with Crippen LogP contribution in [0.3, 0.4) is 0 Å². The summed E-state index contributed by atoms with van der Waals surface area (Å²) in [5.41, 5.74) is 0.838. The van der Waals surface area contributed by atoms with Crippen molar-refractivity contribution in [3.05, 3.63) is 30.1 Å². The third-order valence-corrected chi connectivity index (χ3v) is 1.96. The second kappa shape index (κ2) is 6.40. The van der Waals surface area contributed by atoms with Gasteiger partial charge in [-0.2, -0.15) is 5.26 Å². The standard InChI is InChI=1S/C11H13N3O2/c1-14(7-3-5-12)11(15)16-9-10-4-2-6-13-8-10/h2,4,6,8H,3,7,9H2,1H3. The number of pyridine rings is 1. The van der Waals surface area contributed by atoms with Gasteiger partial charge in [0, 0.05) is 31.5 Å². The summed E-state index contributed by atoms with van der Waals surface area (Å²) in [5, 5.41) is 8.37. The Bertz CT molecular complexity index is 373. The van der Waals surface area contributed by atoms with Crippen LogP contribution < -0.4 is 0 Å². The van der Waals surface area contributed by atoms with Crippen molar-refractivity contribution in [2.45, 2.75) is 13.0 Å². The molecule has 0 saturated carbocycles. The number of carbonyl (C=O) groups excluding carboxylic acids is 1. The number of hydrogen-bond acceptors (Lipinski definition) is 4. The maximum atomic E-state index is 11.4. The van der Waals surface area contributed by atoms with E-state index < -0.39 is 6.09 Å². The van der Waals surface area contributed by atoms with E-state index in [0.717, 1.165) is 5.56 Å². The van der Waals surface area contributed by atoms with E-state index in [4.69, 9.17) is 10.00 Å². The van der Waals surface area contributed by atoms with Crippen LogP contribution in [0.25, 0.3) is 0 Å². The zero-order valence-electron chi connectivity index (χ0n) is 9.09. The highest BCUT2D eigenvalue weighted by atomic mass is 16.6. The van der Waals surface area contributed by atoms with Crippen LogP contribution in [-0.4, -0.2) is 29.6 Å². The molecule has 0 spiro atoms. The molecule has 0 aromatic carbocycles. The summed E-state index contributed by atoms with van der Waals surface area (Å²) in [5.74, 6) is 0. The molecule has 1 heterocycles. The highest BCUT2D eigenvalue weighted by Crippen LogP contribution is 2.00. The Morgan fingerprint density at radius 2 is 2.50 bits per heavy atom. The number of amides is 1. The Morgan fingerprint density at radius 3 is 3.12 bits per heavy atom. The van der Waals surface area contributed by atoms with Crippen molar-refractivity contribution in [1.82, 2.24) is 9.88 Å². The highest BCUT2D eigenvalue weighted by Gasteiger charge is 2.09. The number of ether oxygens (including phenoxy) is 1. The molecule has 0 bridgehead atoms. The molecule has 1 rings (SSSR count). The van der Waals surface area contributed by atoms with Crippen molar-refractivity contribution in [2.24, 2.45) is 0 Å². The monoisotopic (exact) mass is 219 g/mol. The van der Waals surface area contributed by atoms with Crippen molar-refractivity contribution in [3.8, 4) is 6.07 Å². The van der Waals surface area contributed by atoms with Crippen LogP contribution in [0, 0.1) is 11.3 Å². The normalized spacial score (nSPS) is 9.25. The minimum Gasteiger partial charge on any atom is -0.444 e. The van der Waals surface area contributed by atoms with Gasteiger partial charge in [0.05, 0.1) is 12.5 Å². The number of aromatic nitrogens is 1. The van der Waals surface area contributed by atoms with Crippen LogP contribution in [-0.2, 0) is 11.3 Å². The predicted molar refractivity (Wildman–Crippen MR) is 57.3 cm³/mol. The van der Waals surface area contributed by atoms with Crippen molar-refractivity contribution in [1.29, 1.82) is 5.26 Å². The number of nitriles is 1. The summed E-state index contributed by atoms with van der Waals surface area (Å²) in [6, 6.07) is 5.58. The molecule has 16 heavy (non-hydrogen) atoms. The van der Waals surface area contributed by atoms with Gasteiger partial charge in [-0.05, 0) is 6.07 Å². The molecule has 1 aromatic rings. The lowest BCUT2D eigenvalue weighted by Crippen LogP contribution is -2.28. The molecule has 0 radical (unpaired) electrons. The fraction of sp³-hybridized carbons (Fsp3) is 0.364. The Labute approximate surface area is 94.3 Å². The molecule has 0 saturated heterocycles. The molecule has 0 fully saturated rings. The van der Waals surface area contributed by atoms with Gasteiger partial charge < -0.3 is 9.64 Å². The van der Waals surface area contributed by atoms with Crippen molar-refractivity contribution in [3.63, 3.8) is 0 Å². The Hall–Kier alpha value is -2.09. The van der Waals surface area contributed by atoms with E-state index in [1.54, 1.807) is 25.5 Å². The van der Waals surface area contributed by atoms with E-state index in [1.807, 2.05) is 12.1 Å². The number of carbonyl (C=O) groups is 1. The number of hydrogen-bond donors (Lipinski definition) is 0. The topological polar surface area (TPSA) is 66.2 Å². The summed E-state index contributed by atoms with van der Waals surface area (Å²) < 4.78 is 5.02. The lowest BCUT2D eigenvalue weighted by molar-refractivity contribution is 0.105. The predicted octanol–water partition coefficient (Wildman–Crippen LogP) is 1.56. The second-order valence-electron chi connectivity index (χ2n) is 3.25.